The molecule has 13 nitrogen and oxygen atoms in total. The highest BCUT2D eigenvalue weighted by Crippen LogP contribution is 2.53. The minimum absolute atomic E-state index is 0.0698. The van der Waals surface area contributed by atoms with Gasteiger partial charge in [0.2, 0.25) is 0 Å². The van der Waals surface area contributed by atoms with Crippen LogP contribution in [0.25, 0.3) is 0 Å². The lowest BCUT2D eigenvalue weighted by atomic mass is 9.77. The second-order valence-electron chi connectivity index (χ2n) is 23.2. The standard InChI is InChI=1S/C68H78O13S/c69-82(80-65(49-70-43-51-25-9-1-10-26-51)41-57-59(78-67(76-57)37-21-7-22-38-67)61(72-45-53-29-13-3-14-30-53)63(65)74-47-55-33-17-5-18-34-55)81-66(50-71-44-52-27-11-2-12-28-52)42-58-60(79-68(77-58)39-23-8-24-40-68)62(73-46-54-31-15-4-16-32-54)64(66)75-48-56-35-19-6-20-36-56/h1-6,9-20,25-36,57-64H,7-8,21-24,37-50H2/t57-,58-,59-,60-,61-,62-,63+,64+,65+,66+/m1/s1. The predicted molar refractivity (Wildman–Crippen MR) is 308 cm³/mol. The second-order valence-corrected chi connectivity index (χ2v) is 24.0. The molecule has 2 aliphatic heterocycles. The monoisotopic (exact) mass is 1130 g/mol. The maximum atomic E-state index is 16.3. The molecular formula is C68H78O13S. The molecule has 82 heavy (non-hydrogen) atoms. The van der Waals surface area contributed by atoms with Crippen LogP contribution in [0.4, 0.5) is 0 Å². The molecule has 4 saturated carbocycles. The lowest BCUT2D eigenvalue weighted by Gasteiger charge is -2.51. The zero-order valence-corrected chi connectivity index (χ0v) is 47.6. The highest BCUT2D eigenvalue weighted by atomic mass is 32.2. The Morgan fingerprint density at radius 3 is 0.976 bits per heavy atom. The van der Waals surface area contributed by atoms with Crippen molar-refractivity contribution in [3.63, 3.8) is 0 Å². The molecule has 0 unspecified atom stereocenters. The molecule has 6 aromatic rings. The lowest BCUT2D eigenvalue weighted by molar-refractivity contribution is -0.251. The molecule has 4 aliphatic carbocycles. The predicted octanol–water partition coefficient (Wildman–Crippen LogP) is 12.5. The highest BCUT2D eigenvalue weighted by molar-refractivity contribution is 7.75. The minimum atomic E-state index is -2.60. The molecule has 12 rings (SSSR count). The van der Waals surface area contributed by atoms with Gasteiger partial charge in [-0.25, -0.2) is 0 Å². The van der Waals surface area contributed by atoms with Crippen LogP contribution in [-0.2, 0) is 107 Å². The van der Waals surface area contributed by atoms with Gasteiger partial charge in [-0.3, -0.25) is 8.37 Å². The fraction of sp³-hybridized carbons (Fsp3) is 0.471. The Morgan fingerprint density at radius 1 is 0.366 bits per heavy atom. The molecule has 0 aromatic heterocycles. The summed E-state index contributed by atoms with van der Waals surface area (Å²) in [6.07, 6.45) is 3.77. The van der Waals surface area contributed by atoms with Crippen molar-refractivity contribution in [1.29, 1.82) is 0 Å². The molecule has 2 spiro atoms. The van der Waals surface area contributed by atoms with Gasteiger partial charge in [0.05, 0.1) is 65.1 Å². The molecule has 434 valence electrons. The average molecular weight is 1140 g/mol. The number of hydrogen-bond donors (Lipinski definition) is 0. The number of hydrogen-bond acceptors (Lipinski definition) is 13. The van der Waals surface area contributed by atoms with E-state index in [9.17, 15) is 0 Å². The van der Waals surface area contributed by atoms with Crippen molar-refractivity contribution < 1.29 is 59.9 Å². The van der Waals surface area contributed by atoms with Crippen LogP contribution in [0.15, 0.2) is 182 Å². The fourth-order valence-corrected chi connectivity index (χ4v) is 14.3. The van der Waals surface area contributed by atoms with E-state index >= 15 is 4.21 Å². The van der Waals surface area contributed by atoms with E-state index in [4.69, 9.17) is 55.7 Å². The second kappa shape index (κ2) is 26.9. The number of benzene rings is 6. The summed E-state index contributed by atoms with van der Waals surface area (Å²) in [4.78, 5) is 0. The SMILES string of the molecule is O=S(O[C@]1(COCc2ccccc2)C[C@H]2OC3(CCCCC3)O[C@H]2[C@@H](OCc2ccccc2)[C@@H]1OCc1ccccc1)O[C@]1(COCc2ccccc2)C[C@H]2OC3(CCCCC3)O[C@H]2[C@@H](OCc2ccccc2)[C@@H]1OCc1ccccc1. The van der Waals surface area contributed by atoms with Gasteiger partial charge < -0.3 is 47.4 Å². The van der Waals surface area contributed by atoms with Gasteiger partial charge >= 0.3 is 11.4 Å². The first kappa shape index (κ1) is 57.4. The molecule has 10 atom stereocenters. The molecule has 0 radical (unpaired) electrons. The van der Waals surface area contributed by atoms with Gasteiger partial charge in [0.25, 0.3) is 0 Å². The van der Waals surface area contributed by atoms with Crippen molar-refractivity contribution in [1.82, 2.24) is 0 Å². The quantitative estimate of drug-likeness (QED) is 0.0571. The van der Waals surface area contributed by atoms with Crippen LogP contribution < -0.4 is 0 Å². The van der Waals surface area contributed by atoms with Gasteiger partial charge in [0.1, 0.15) is 47.8 Å². The maximum absolute atomic E-state index is 16.3. The van der Waals surface area contributed by atoms with Crippen LogP contribution in [0.2, 0.25) is 0 Å². The third-order valence-electron chi connectivity index (χ3n) is 17.3. The number of ether oxygens (including phenoxy) is 10. The largest absolute Gasteiger partial charge is 0.374 e. The molecule has 2 saturated heterocycles. The van der Waals surface area contributed by atoms with Crippen molar-refractivity contribution in [2.24, 2.45) is 0 Å². The number of rotatable bonds is 24. The summed E-state index contributed by atoms with van der Waals surface area (Å²) in [5.74, 6) is -1.64. The molecular weight excluding hydrogens is 1060 g/mol. The normalized spacial score (nSPS) is 29.2. The number of fused-ring (bicyclic) bond motifs is 2. The Morgan fingerprint density at radius 2 is 0.659 bits per heavy atom. The summed E-state index contributed by atoms with van der Waals surface area (Å²) in [6, 6.07) is 60.2. The maximum Gasteiger partial charge on any atom is 0.306 e. The van der Waals surface area contributed by atoms with Crippen molar-refractivity contribution >= 4 is 11.4 Å². The van der Waals surface area contributed by atoms with E-state index in [1.807, 2.05) is 182 Å². The van der Waals surface area contributed by atoms with E-state index in [0.29, 0.717) is 0 Å². The Balaban J connectivity index is 0.956. The molecule has 0 bridgehead atoms. The molecule has 2 heterocycles. The van der Waals surface area contributed by atoms with Crippen LogP contribution in [0.3, 0.4) is 0 Å². The van der Waals surface area contributed by atoms with E-state index in [1.165, 1.54) is 0 Å². The van der Waals surface area contributed by atoms with E-state index in [-0.39, 0.29) is 65.7 Å². The topological polar surface area (TPSA) is 128 Å². The zero-order valence-electron chi connectivity index (χ0n) is 46.8. The van der Waals surface area contributed by atoms with E-state index in [2.05, 4.69) is 0 Å². The van der Waals surface area contributed by atoms with E-state index < -0.39 is 83.0 Å². The van der Waals surface area contributed by atoms with E-state index in [0.717, 1.165) is 97.6 Å². The van der Waals surface area contributed by atoms with Crippen molar-refractivity contribution in [2.75, 3.05) is 13.2 Å². The Kier molecular flexibility index (Phi) is 18.9. The van der Waals surface area contributed by atoms with Crippen LogP contribution in [-0.4, -0.2) is 89.0 Å². The van der Waals surface area contributed by atoms with E-state index in [1.54, 1.807) is 0 Å². The summed E-state index contributed by atoms with van der Waals surface area (Å²) < 4.78 is 102. The molecule has 6 aliphatic rings. The first-order valence-electron chi connectivity index (χ1n) is 29.7. The van der Waals surface area contributed by atoms with Crippen LogP contribution in [0, 0.1) is 0 Å². The summed E-state index contributed by atoms with van der Waals surface area (Å²) in [6.45, 7) is 1.21. The minimum Gasteiger partial charge on any atom is -0.374 e. The van der Waals surface area contributed by atoms with Crippen LogP contribution in [0.1, 0.15) is 110 Å². The fourth-order valence-electron chi connectivity index (χ4n) is 13.3. The van der Waals surface area contributed by atoms with Gasteiger partial charge in [0, 0.05) is 38.5 Å². The Bertz CT molecular complexity index is 2700. The third kappa shape index (κ3) is 13.7. The molecule has 14 heteroatoms. The van der Waals surface area contributed by atoms with Gasteiger partial charge in [-0.05, 0) is 59.1 Å². The van der Waals surface area contributed by atoms with Crippen molar-refractivity contribution in [3.8, 4) is 0 Å². The van der Waals surface area contributed by atoms with Crippen molar-refractivity contribution in [3.05, 3.63) is 215 Å². The summed E-state index contributed by atoms with van der Waals surface area (Å²) in [5.41, 5.74) is 2.69. The highest BCUT2D eigenvalue weighted by Gasteiger charge is 2.67. The molecule has 0 N–H and O–H groups in total. The van der Waals surface area contributed by atoms with Gasteiger partial charge in [-0.1, -0.05) is 195 Å². The first-order valence-corrected chi connectivity index (χ1v) is 30.7. The van der Waals surface area contributed by atoms with Gasteiger partial charge in [-0.2, -0.15) is 4.21 Å². The lowest BCUT2D eigenvalue weighted by Crippen LogP contribution is -2.68. The molecule has 6 fully saturated rings. The van der Waals surface area contributed by atoms with Gasteiger partial charge in [-0.15, -0.1) is 0 Å². The van der Waals surface area contributed by atoms with Crippen molar-refractivity contribution in [2.45, 2.75) is 188 Å². The third-order valence-corrected chi connectivity index (χ3v) is 18.2. The zero-order chi connectivity index (χ0) is 55.5. The molecule has 0 amide bonds. The first-order chi connectivity index (χ1) is 40.4. The Labute approximate surface area is 486 Å². The van der Waals surface area contributed by atoms with Gasteiger partial charge in [0.15, 0.2) is 11.6 Å². The summed E-state index contributed by atoms with van der Waals surface area (Å²) >= 11 is -2.60. The Hall–Kier alpha value is -5.01. The smallest absolute Gasteiger partial charge is 0.306 e. The van der Waals surface area contributed by atoms with Crippen LogP contribution in [0.5, 0.6) is 0 Å². The summed E-state index contributed by atoms with van der Waals surface area (Å²) in [5, 5.41) is 0. The summed E-state index contributed by atoms with van der Waals surface area (Å²) in [7, 11) is 0. The van der Waals surface area contributed by atoms with Crippen LogP contribution >= 0.6 is 0 Å². The molecule has 6 aromatic carbocycles. The average Bonchev–Trinajstić information content (AvgIpc) is 3.10.